The fourth-order valence-electron chi connectivity index (χ4n) is 5.56. The lowest BCUT2D eigenvalue weighted by Gasteiger charge is -2.40. The number of carbonyl (C=O) groups excluding carboxylic acids is 2. The molecule has 2 amide bonds. The molecule has 0 radical (unpaired) electrons. The molecule has 2 rings (SSSR count). The first-order chi connectivity index (χ1) is 16.7. The second-order valence-corrected chi connectivity index (χ2v) is 13.0. The maximum Gasteiger partial charge on any atom is 0.420 e. The summed E-state index contributed by atoms with van der Waals surface area (Å²) in [4.78, 5) is 27.6. The number of aliphatic hydroxyl groups excluding tert-OH is 2. The maximum absolute atomic E-state index is 13.4. The standard InChI is InChI=1S/C28H52N2O6/c1-27(2,3)35-25(33)30(26(34)36-28(4,5)6)22(18-20-15-11-8-12-16-20)24(32)23(31)21(29)17-19-13-9-7-10-14-19/h19-24,31-32H,7-18,29H2,1-6H3/t21-,22-,23+,24+/m0/s1. The van der Waals surface area contributed by atoms with Crippen molar-refractivity contribution in [3.63, 3.8) is 0 Å². The number of aliphatic hydroxyl groups is 2. The fraction of sp³-hybridized carbons (Fsp3) is 0.929. The third-order valence-corrected chi connectivity index (χ3v) is 7.32. The number of amides is 2. The van der Waals surface area contributed by atoms with E-state index in [1.807, 2.05) is 0 Å². The van der Waals surface area contributed by atoms with Gasteiger partial charge in [-0.1, -0.05) is 64.2 Å². The molecule has 0 unspecified atom stereocenters. The molecule has 36 heavy (non-hydrogen) atoms. The van der Waals surface area contributed by atoms with Crippen molar-refractivity contribution in [1.29, 1.82) is 0 Å². The van der Waals surface area contributed by atoms with Crippen LogP contribution < -0.4 is 5.73 Å². The molecular weight excluding hydrogens is 460 g/mol. The first-order valence-electron chi connectivity index (χ1n) is 14.0. The molecule has 0 aliphatic heterocycles. The van der Waals surface area contributed by atoms with Crippen molar-refractivity contribution < 1.29 is 29.3 Å². The largest absolute Gasteiger partial charge is 0.443 e. The van der Waals surface area contributed by atoms with Crippen LogP contribution in [0.2, 0.25) is 0 Å². The smallest absolute Gasteiger partial charge is 0.420 e. The zero-order valence-corrected chi connectivity index (χ0v) is 23.5. The van der Waals surface area contributed by atoms with Crippen LogP contribution >= 0.6 is 0 Å². The second-order valence-electron chi connectivity index (χ2n) is 13.0. The van der Waals surface area contributed by atoms with Gasteiger partial charge in [0.25, 0.3) is 0 Å². The van der Waals surface area contributed by atoms with Gasteiger partial charge < -0.3 is 25.4 Å². The Bertz CT molecular complexity index is 661. The van der Waals surface area contributed by atoms with Crippen molar-refractivity contribution in [2.24, 2.45) is 17.6 Å². The van der Waals surface area contributed by atoms with Gasteiger partial charge in [-0.25, -0.2) is 14.5 Å². The number of hydrogen-bond acceptors (Lipinski definition) is 7. The first kappa shape index (κ1) is 30.8. The van der Waals surface area contributed by atoms with Crippen LogP contribution in [0.3, 0.4) is 0 Å². The Balaban J connectivity index is 2.33. The van der Waals surface area contributed by atoms with Gasteiger partial charge in [0, 0.05) is 6.04 Å². The SMILES string of the molecule is CC(C)(C)OC(=O)N(C(=O)OC(C)(C)C)[C@@H](CC1CCCCC1)[C@@H](O)[C@H](O)[C@@H](N)CC1CCCCC1. The molecule has 2 aliphatic rings. The summed E-state index contributed by atoms with van der Waals surface area (Å²) in [6.45, 7) is 10.3. The summed E-state index contributed by atoms with van der Waals surface area (Å²) in [6, 6.07) is -1.67. The minimum Gasteiger partial charge on any atom is -0.443 e. The van der Waals surface area contributed by atoms with Gasteiger partial charge in [0.2, 0.25) is 0 Å². The summed E-state index contributed by atoms with van der Waals surface area (Å²) >= 11 is 0. The Morgan fingerprint density at radius 3 is 1.53 bits per heavy atom. The molecule has 2 aliphatic carbocycles. The average molecular weight is 513 g/mol. The number of nitrogens with two attached hydrogens (primary N) is 1. The molecule has 0 heterocycles. The lowest BCUT2D eigenvalue weighted by molar-refractivity contribution is -0.0673. The van der Waals surface area contributed by atoms with Crippen molar-refractivity contribution in [2.45, 2.75) is 154 Å². The van der Waals surface area contributed by atoms with Crippen LogP contribution in [0.25, 0.3) is 0 Å². The molecule has 0 aromatic carbocycles. The number of rotatable bonds is 8. The van der Waals surface area contributed by atoms with Gasteiger partial charge in [0.15, 0.2) is 0 Å². The third-order valence-electron chi connectivity index (χ3n) is 7.32. The molecule has 0 aromatic rings. The van der Waals surface area contributed by atoms with Gasteiger partial charge in [-0.05, 0) is 66.2 Å². The summed E-state index contributed by atoms with van der Waals surface area (Å²) in [5.41, 5.74) is 4.71. The van der Waals surface area contributed by atoms with Gasteiger partial charge in [-0.2, -0.15) is 0 Å². The molecule has 4 N–H and O–H groups in total. The first-order valence-corrected chi connectivity index (χ1v) is 14.0. The van der Waals surface area contributed by atoms with E-state index in [-0.39, 0.29) is 5.92 Å². The van der Waals surface area contributed by atoms with Crippen LogP contribution in [0, 0.1) is 11.8 Å². The minimum atomic E-state index is -1.41. The van der Waals surface area contributed by atoms with Gasteiger partial charge in [0.1, 0.15) is 17.3 Å². The summed E-state index contributed by atoms with van der Waals surface area (Å²) < 4.78 is 11.2. The lowest BCUT2D eigenvalue weighted by Crippen LogP contribution is -2.59. The monoisotopic (exact) mass is 512 g/mol. The van der Waals surface area contributed by atoms with Crippen LogP contribution in [0.5, 0.6) is 0 Å². The highest BCUT2D eigenvalue weighted by molar-refractivity contribution is 5.88. The van der Waals surface area contributed by atoms with Gasteiger partial charge >= 0.3 is 12.2 Å². The van der Waals surface area contributed by atoms with Crippen LogP contribution in [0.15, 0.2) is 0 Å². The number of hydrogen-bond donors (Lipinski definition) is 3. The number of ether oxygens (including phenoxy) is 2. The number of carbonyl (C=O) groups is 2. The Kier molecular flexibility index (Phi) is 11.5. The second kappa shape index (κ2) is 13.4. The van der Waals surface area contributed by atoms with E-state index in [4.69, 9.17) is 15.2 Å². The highest BCUT2D eigenvalue weighted by Crippen LogP contribution is 2.33. The summed E-state index contributed by atoms with van der Waals surface area (Å²) in [5, 5.41) is 22.7. The summed E-state index contributed by atoms with van der Waals surface area (Å²) in [6.07, 6.45) is 7.37. The molecule has 8 nitrogen and oxygen atoms in total. The minimum absolute atomic E-state index is 0.215. The van der Waals surface area contributed by atoms with Gasteiger partial charge in [-0.3, -0.25) is 0 Å². The van der Waals surface area contributed by atoms with E-state index in [2.05, 4.69) is 0 Å². The maximum atomic E-state index is 13.4. The van der Waals surface area contributed by atoms with E-state index < -0.39 is 47.7 Å². The molecule has 0 spiro atoms. The predicted octanol–water partition coefficient (Wildman–Crippen LogP) is 5.52. The van der Waals surface area contributed by atoms with E-state index in [0.29, 0.717) is 18.8 Å². The molecule has 4 atom stereocenters. The molecule has 2 saturated carbocycles. The third kappa shape index (κ3) is 10.2. The topological polar surface area (TPSA) is 122 Å². The average Bonchev–Trinajstić information content (AvgIpc) is 2.76. The van der Waals surface area contributed by atoms with Crippen molar-refractivity contribution in [2.75, 3.05) is 0 Å². The Hall–Kier alpha value is -1.38. The predicted molar refractivity (Wildman–Crippen MR) is 140 cm³/mol. The van der Waals surface area contributed by atoms with Crippen LogP contribution in [0.1, 0.15) is 119 Å². The highest BCUT2D eigenvalue weighted by Gasteiger charge is 2.44. The van der Waals surface area contributed by atoms with E-state index in [1.165, 1.54) is 6.42 Å². The molecule has 0 bridgehead atoms. The van der Waals surface area contributed by atoms with Gasteiger partial charge in [0.05, 0.1) is 12.1 Å². The highest BCUT2D eigenvalue weighted by atomic mass is 16.6. The molecule has 2 fully saturated rings. The van der Waals surface area contributed by atoms with E-state index in [1.54, 1.807) is 41.5 Å². The normalized spacial score (nSPS) is 21.8. The fourth-order valence-corrected chi connectivity index (χ4v) is 5.56. The lowest BCUT2D eigenvalue weighted by atomic mass is 9.80. The molecule has 210 valence electrons. The van der Waals surface area contributed by atoms with Gasteiger partial charge in [-0.15, -0.1) is 0 Å². The van der Waals surface area contributed by atoms with Crippen LogP contribution in [0.4, 0.5) is 9.59 Å². The van der Waals surface area contributed by atoms with Crippen molar-refractivity contribution in [3.05, 3.63) is 0 Å². The van der Waals surface area contributed by atoms with E-state index in [0.717, 1.165) is 62.7 Å². The number of imide groups is 1. The van der Waals surface area contributed by atoms with E-state index in [9.17, 15) is 19.8 Å². The van der Waals surface area contributed by atoms with Crippen LogP contribution in [-0.2, 0) is 9.47 Å². The quantitative estimate of drug-likeness (QED) is 0.391. The Labute approximate surface area is 218 Å². The van der Waals surface area contributed by atoms with Crippen molar-refractivity contribution in [1.82, 2.24) is 4.90 Å². The zero-order chi connectivity index (χ0) is 27.1. The van der Waals surface area contributed by atoms with E-state index >= 15 is 0 Å². The molecular formula is C28H52N2O6. The van der Waals surface area contributed by atoms with Crippen molar-refractivity contribution >= 4 is 12.2 Å². The summed E-state index contributed by atoms with van der Waals surface area (Å²) in [7, 11) is 0. The molecule has 0 aromatic heterocycles. The zero-order valence-electron chi connectivity index (χ0n) is 23.5. The Morgan fingerprint density at radius 1 is 0.750 bits per heavy atom. The van der Waals surface area contributed by atoms with Crippen molar-refractivity contribution in [3.8, 4) is 0 Å². The Morgan fingerprint density at radius 2 is 1.14 bits per heavy atom. The summed E-state index contributed by atoms with van der Waals surface area (Å²) in [5.74, 6) is 0.632. The molecule has 8 heteroatoms. The number of nitrogens with zero attached hydrogens (tertiary/aromatic N) is 1. The van der Waals surface area contributed by atoms with Crippen LogP contribution in [-0.4, -0.2) is 62.8 Å². The molecule has 0 saturated heterocycles.